The van der Waals surface area contributed by atoms with Crippen LogP contribution in [0.1, 0.15) is 36.0 Å². The molecule has 0 aliphatic carbocycles. The Morgan fingerprint density at radius 3 is 2.82 bits per heavy atom. The summed E-state index contributed by atoms with van der Waals surface area (Å²) < 4.78 is 0. The second-order valence-electron chi connectivity index (χ2n) is 5.29. The topological polar surface area (TPSA) is 29.3 Å². The van der Waals surface area contributed by atoms with Gasteiger partial charge in [-0.3, -0.25) is 4.90 Å². The molecule has 0 radical (unpaired) electrons. The van der Waals surface area contributed by atoms with Gasteiger partial charge < -0.3 is 5.73 Å². The Morgan fingerprint density at radius 1 is 1.29 bits per heavy atom. The van der Waals surface area contributed by atoms with Crippen molar-refractivity contribution < 1.29 is 0 Å². The average molecular weight is 232 g/mol. The minimum absolute atomic E-state index is 0.587. The fraction of sp³-hybridized carbons (Fsp3) is 0.600. The number of piperidine rings is 1. The van der Waals surface area contributed by atoms with Gasteiger partial charge in [0.1, 0.15) is 0 Å². The van der Waals surface area contributed by atoms with E-state index >= 15 is 0 Å². The molecule has 0 unspecified atom stereocenters. The number of hydrogen-bond acceptors (Lipinski definition) is 2. The van der Waals surface area contributed by atoms with Crippen molar-refractivity contribution in [1.29, 1.82) is 0 Å². The first-order chi connectivity index (χ1) is 8.20. The van der Waals surface area contributed by atoms with E-state index in [0.717, 1.165) is 13.1 Å². The Morgan fingerprint density at radius 2 is 2.12 bits per heavy atom. The largest absolute Gasteiger partial charge is 0.329 e. The quantitative estimate of drug-likeness (QED) is 0.868. The first-order valence-electron chi connectivity index (χ1n) is 6.71. The third-order valence-corrected chi connectivity index (χ3v) is 3.89. The average Bonchev–Trinajstić information content (AvgIpc) is 2.33. The lowest BCUT2D eigenvalue weighted by molar-refractivity contribution is 0.144. The van der Waals surface area contributed by atoms with Gasteiger partial charge in [-0.25, -0.2) is 0 Å². The highest BCUT2D eigenvalue weighted by Gasteiger charge is 2.21. The van der Waals surface area contributed by atoms with Crippen molar-refractivity contribution in [3.05, 3.63) is 34.9 Å². The molecule has 1 aromatic rings. The molecule has 0 bridgehead atoms. The normalized spacial score (nSPS) is 21.7. The molecule has 1 saturated heterocycles. The van der Waals surface area contributed by atoms with Crippen molar-refractivity contribution in [2.45, 2.75) is 45.7 Å². The first kappa shape index (κ1) is 12.6. The van der Waals surface area contributed by atoms with Crippen LogP contribution in [-0.2, 0) is 6.54 Å². The van der Waals surface area contributed by atoms with E-state index in [1.54, 1.807) is 0 Å². The van der Waals surface area contributed by atoms with Crippen LogP contribution in [-0.4, -0.2) is 24.0 Å². The highest BCUT2D eigenvalue weighted by atomic mass is 15.2. The van der Waals surface area contributed by atoms with Crippen LogP contribution in [0.5, 0.6) is 0 Å². The maximum absolute atomic E-state index is 5.87. The van der Waals surface area contributed by atoms with E-state index in [9.17, 15) is 0 Å². The lowest BCUT2D eigenvalue weighted by atomic mass is 9.99. The van der Waals surface area contributed by atoms with E-state index in [-0.39, 0.29) is 0 Å². The molecule has 0 spiro atoms. The van der Waals surface area contributed by atoms with E-state index in [2.05, 4.69) is 36.9 Å². The zero-order chi connectivity index (χ0) is 12.3. The molecule has 0 saturated carbocycles. The van der Waals surface area contributed by atoms with Crippen LogP contribution < -0.4 is 5.73 Å². The molecule has 2 nitrogen and oxygen atoms in total. The lowest BCUT2D eigenvalue weighted by Crippen LogP contribution is -2.43. The van der Waals surface area contributed by atoms with Gasteiger partial charge in [0.2, 0.25) is 0 Å². The van der Waals surface area contributed by atoms with Crippen molar-refractivity contribution in [3.8, 4) is 0 Å². The van der Waals surface area contributed by atoms with E-state index < -0.39 is 0 Å². The molecule has 1 aromatic carbocycles. The van der Waals surface area contributed by atoms with Crippen LogP contribution in [0.2, 0.25) is 0 Å². The summed E-state index contributed by atoms with van der Waals surface area (Å²) in [5, 5.41) is 0. The molecule has 1 fully saturated rings. The standard InChI is InChI=1S/C15H24N2/c1-12-6-7-14(13(2)9-12)11-17-8-4-3-5-15(17)10-16/h6-7,9,15H,3-5,8,10-11,16H2,1-2H3/t15-/m0/s1. The Labute approximate surface area is 105 Å². The molecule has 0 amide bonds. The van der Waals surface area contributed by atoms with Gasteiger partial charge in [0.15, 0.2) is 0 Å². The number of nitrogens with two attached hydrogens (primary N) is 1. The SMILES string of the molecule is Cc1ccc(CN2CCCC[C@H]2CN)c(C)c1. The molecule has 2 heteroatoms. The molecule has 1 aliphatic heterocycles. The predicted molar refractivity (Wildman–Crippen MR) is 73.0 cm³/mol. The lowest BCUT2D eigenvalue weighted by Gasteiger charge is -2.35. The molecular weight excluding hydrogens is 208 g/mol. The van der Waals surface area contributed by atoms with Crippen LogP contribution >= 0.6 is 0 Å². The van der Waals surface area contributed by atoms with Crippen LogP contribution in [0.3, 0.4) is 0 Å². The summed E-state index contributed by atoms with van der Waals surface area (Å²) in [6.45, 7) is 7.43. The number of nitrogens with zero attached hydrogens (tertiary/aromatic N) is 1. The molecule has 2 N–H and O–H groups in total. The molecule has 17 heavy (non-hydrogen) atoms. The molecule has 1 atom stereocenters. The number of benzene rings is 1. The Hall–Kier alpha value is -0.860. The maximum atomic E-state index is 5.87. The van der Waals surface area contributed by atoms with Gasteiger partial charge in [-0.1, -0.05) is 30.2 Å². The van der Waals surface area contributed by atoms with Crippen molar-refractivity contribution in [3.63, 3.8) is 0 Å². The van der Waals surface area contributed by atoms with Gasteiger partial charge in [-0.15, -0.1) is 0 Å². The molecule has 0 aromatic heterocycles. The highest BCUT2D eigenvalue weighted by Crippen LogP contribution is 2.20. The third kappa shape index (κ3) is 3.08. The zero-order valence-corrected chi connectivity index (χ0v) is 11.1. The monoisotopic (exact) mass is 232 g/mol. The first-order valence-corrected chi connectivity index (χ1v) is 6.71. The highest BCUT2D eigenvalue weighted by molar-refractivity contribution is 5.30. The van der Waals surface area contributed by atoms with Crippen molar-refractivity contribution in [1.82, 2.24) is 4.90 Å². The van der Waals surface area contributed by atoms with Crippen molar-refractivity contribution in [2.24, 2.45) is 5.73 Å². The van der Waals surface area contributed by atoms with E-state index in [1.807, 2.05) is 0 Å². The van der Waals surface area contributed by atoms with Crippen molar-refractivity contribution >= 4 is 0 Å². The maximum Gasteiger partial charge on any atom is 0.0239 e. The Balaban J connectivity index is 2.08. The second kappa shape index (κ2) is 5.65. The predicted octanol–water partition coefficient (Wildman–Crippen LogP) is 2.62. The molecule has 1 heterocycles. The van der Waals surface area contributed by atoms with Crippen LogP contribution in [0.25, 0.3) is 0 Å². The van der Waals surface area contributed by atoms with Crippen LogP contribution in [0.15, 0.2) is 18.2 Å². The number of likely N-dealkylation sites (tertiary alicyclic amines) is 1. The fourth-order valence-electron chi connectivity index (χ4n) is 2.78. The minimum Gasteiger partial charge on any atom is -0.329 e. The van der Waals surface area contributed by atoms with Crippen LogP contribution in [0.4, 0.5) is 0 Å². The second-order valence-corrected chi connectivity index (χ2v) is 5.29. The van der Waals surface area contributed by atoms with Gasteiger partial charge in [0, 0.05) is 19.1 Å². The summed E-state index contributed by atoms with van der Waals surface area (Å²) in [7, 11) is 0. The Bertz CT molecular complexity index is 373. The molecular formula is C15H24N2. The molecule has 2 rings (SSSR count). The van der Waals surface area contributed by atoms with E-state index in [1.165, 1.54) is 42.5 Å². The molecule has 1 aliphatic rings. The summed E-state index contributed by atoms with van der Waals surface area (Å²) in [4.78, 5) is 2.56. The summed E-state index contributed by atoms with van der Waals surface area (Å²) >= 11 is 0. The van der Waals surface area contributed by atoms with Gasteiger partial charge in [-0.05, 0) is 44.4 Å². The summed E-state index contributed by atoms with van der Waals surface area (Å²) in [6.07, 6.45) is 3.92. The Kier molecular flexibility index (Phi) is 4.19. The summed E-state index contributed by atoms with van der Waals surface area (Å²) in [6, 6.07) is 7.34. The van der Waals surface area contributed by atoms with Gasteiger partial charge in [0.05, 0.1) is 0 Å². The number of rotatable bonds is 3. The van der Waals surface area contributed by atoms with E-state index in [0.29, 0.717) is 6.04 Å². The smallest absolute Gasteiger partial charge is 0.0239 e. The fourth-order valence-corrected chi connectivity index (χ4v) is 2.78. The van der Waals surface area contributed by atoms with Gasteiger partial charge in [-0.2, -0.15) is 0 Å². The minimum atomic E-state index is 0.587. The van der Waals surface area contributed by atoms with Crippen molar-refractivity contribution in [2.75, 3.05) is 13.1 Å². The number of hydrogen-bond donors (Lipinski definition) is 1. The summed E-state index contributed by atoms with van der Waals surface area (Å²) in [5.41, 5.74) is 10.1. The van der Waals surface area contributed by atoms with Gasteiger partial charge >= 0.3 is 0 Å². The third-order valence-electron chi connectivity index (χ3n) is 3.89. The van der Waals surface area contributed by atoms with E-state index in [4.69, 9.17) is 5.73 Å². The number of aryl methyl sites for hydroxylation is 2. The van der Waals surface area contributed by atoms with Crippen LogP contribution in [0, 0.1) is 13.8 Å². The zero-order valence-electron chi connectivity index (χ0n) is 11.1. The molecule has 94 valence electrons. The summed E-state index contributed by atoms with van der Waals surface area (Å²) in [5.74, 6) is 0. The van der Waals surface area contributed by atoms with Gasteiger partial charge in [0.25, 0.3) is 0 Å².